The molecule has 2 rings (SSSR count). The summed E-state index contributed by atoms with van der Waals surface area (Å²) in [6, 6.07) is 4.00. The molecule has 0 atom stereocenters. The average molecular weight is 427 g/mol. The van der Waals surface area contributed by atoms with Crippen molar-refractivity contribution >= 4 is 35.0 Å². The van der Waals surface area contributed by atoms with Crippen LogP contribution in [0, 0.1) is 13.8 Å². The summed E-state index contributed by atoms with van der Waals surface area (Å²) in [5.41, 5.74) is 2.78. The van der Waals surface area contributed by atoms with Crippen molar-refractivity contribution in [1.29, 1.82) is 0 Å². The minimum Gasteiger partial charge on any atom is -0.506 e. The predicted molar refractivity (Wildman–Crippen MR) is 117 cm³/mol. The molecule has 0 saturated carbocycles. The molecule has 0 bridgehead atoms. The van der Waals surface area contributed by atoms with Gasteiger partial charge in [0.25, 0.3) is 0 Å². The van der Waals surface area contributed by atoms with E-state index >= 15 is 0 Å². The van der Waals surface area contributed by atoms with E-state index in [1.54, 1.807) is 11.8 Å². The SMILES string of the molecule is Cc1c(Sc2cc(C(C)(C)C)c(O)c(Cl)c2C)cc(C(C)(C)C)c(O)c1Cl. The molecule has 27 heavy (non-hydrogen) atoms. The van der Waals surface area contributed by atoms with Gasteiger partial charge in [-0.25, -0.2) is 0 Å². The van der Waals surface area contributed by atoms with E-state index in [1.165, 1.54) is 0 Å². The Kier molecular flexibility index (Phi) is 6.12. The molecule has 0 radical (unpaired) electrons. The molecule has 0 amide bonds. The number of aromatic hydroxyl groups is 2. The standard InChI is InChI=1S/C22H28Cl2O2S/c1-11-15(9-13(21(3,4)5)19(25)17(11)23)27-16-10-14(22(6,7)8)20(26)18(24)12(16)2/h9-10,25-26H,1-8H3. The van der Waals surface area contributed by atoms with E-state index in [0.717, 1.165) is 32.0 Å². The van der Waals surface area contributed by atoms with E-state index in [1.807, 2.05) is 67.5 Å². The zero-order chi connectivity index (χ0) is 20.9. The number of benzene rings is 2. The van der Waals surface area contributed by atoms with Gasteiger partial charge in [0.2, 0.25) is 0 Å². The van der Waals surface area contributed by atoms with Crippen molar-refractivity contribution in [3.05, 3.63) is 44.4 Å². The van der Waals surface area contributed by atoms with Crippen LogP contribution in [0.5, 0.6) is 11.5 Å². The maximum absolute atomic E-state index is 10.5. The zero-order valence-electron chi connectivity index (χ0n) is 17.2. The van der Waals surface area contributed by atoms with Crippen LogP contribution in [-0.4, -0.2) is 10.2 Å². The summed E-state index contributed by atoms with van der Waals surface area (Å²) in [5.74, 6) is 0.281. The molecule has 0 aliphatic heterocycles. The van der Waals surface area contributed by atoms with Gasteiger partial charge in [0.05, 0.1) is 10.0 Å². The van der Waals surface area contributed by atoms with Crippen LogP contribution in [0.1, 0.15) is 63.8 Å². The van der Waals surface area contributed by atoms with Crippen LogP contribution >= 0.6 is 35.0 Å². The lowest BCUT2D eigenvalue weighted by Crippen LogP contribution is -2.12. The lowest BCUT2D eigenvalue weighted by atomic mass is 9.86. The molecule has 0 saturated heterocycles. The number of phenolic OH excluding ortho intramolecular Hbond substituents is 2. The van der Waals surface area contributed by atoms with E-state index in [-0.39, 0.29) is 22.3 Å². The second-order valence-electron chi connectivity index (χ2n) is 9.02. The monoisotopic (exact) mass is 426 g/mol. The van der Waals surface area contributed by atoms with Gasteiger partial charge in [-0.3, -0.25) is 0 Å². The first-order valence-corrected chi connectivity index (χ1v) is 10.5. The Hall–Kier alpha value is -1.03. The molecule has 0 aliphatic rings. The predicted octanol–water partition coefficient (Wildman–Crippen LogP) is 7.77. The Morgan fingerprint density at radius 1 is 0.704 bits per heavy atom. The summed E-state index contributed by atoms with van der Waals surface area (Å²) < 4.78 is 0. The van der Waals surface area contributed by atoms with E-state index in [9.17, 15) is 10.2 Å². The van der Waals surface area contributed by atoms with E-state index < -0.39 is 0 Å². The number of hydrogen-bond acceptors (Lipinski definition) is 3. The van der Waals surface area contributed by atoms with Crippen molar-refractivity contribution in [3.63, 3.8) is 0 Å². The van der Waals surface area contributed by atoms with Crippen molar-refractivity contribution < 1.29 is 10.2 Å². The van der Waals surface area contributed by atoms with Crippen LogP contribution in [0.25, 0.3) is 0 Å². The normalized spacial score (nSPS) is 12.5. The van der Waals surface area contributed by atoms with Gasteiger partial charge in [0, 0.05) is 20.9 Å². The van der Waals surface area contributed by atoms with Crippen molar-refractivity contribution in [3.8, 4) is 11.5 Å². The molecular weight excluding hydrogens is 399 g/mol. The Morgan fingerprint density at radius 3 is 1.26 bits per heavy atom. The molecule has 0 aromatic heterocycles. The first-order valence-electron chi connectivity index (χ1n) is 8.89. The fraction of sp³-hybridized carbons (Fsp3) is 0.455. The minimum absolute atomic E-state index is 0.141. The zero-order valence-corrected chi connectivity index (χ0v) is 19.5. The molecule has 2 N–H and O–H groups in total. The molecule has 0 fully saturated rings. The average Bonchev–Trinajstić information content (AvgIpc) is 2.53. The highest BCUT2D eigenvalue weighted by molar-refractivity contribution is 7.99. The van der Waals surface area contributed by atoms with Gasteiger partial charge >= 0.3 is 0 Å². The quantitative estimate of drug-likeness (QED) is 0.514. The lowest BCUT2D eigenvalue weighted by molar-refractivity contribution is 0.445. The maximum atomic E-state index is 10.5. The maximum Gasteiger partial charge on any atom is 0.138 e. The summed E-state index contributed by atoms with van der Waals surface area (Å²) >= 11 is 14.4. The second-order valence-corrected chi connectivity index (χ2v) is 10.9. The molecule has 0 spiro atoms. The molecule has 0 aliphatic carbocycles. The van der Waals surface area contributed by atoms with Gasteiger partial charge in [0.15, 0.2) is 0 Å². The fourth-order valence-corrected chi connectivity index (χ4v) is 4.52. The van der Waals surface area contributed by atoms with Crippen molar-refractivity contribution in [2.24, 2.45) is 0 Å². The molecule has 0 heterocycles. The summed E-state index contributed by atoms with van der Waals surface area (Å²) in [6.07, 6.45) is 0. The van der Waals surface area contributed by atoms with Gasteiger partial charge in [-0.05, 0) is 47.9 Å². The van der Waals surface area contributed by atoms with Gasteiger partial charge < -0.3 is 10.2 Å². The van der Waals surface area contributed by atoms with E-state index in [4.69, 9.17) is 23.2 Å². The Labute approximate surface area is 176 Å². The summed E-state index contributed by atoms with van der Waals surface area (Å²) in [5, 5.41) is 21.7. The molecule has 2 aromatic rings. The van der Waals surface area contributed by atoms with Crippen LogP contribution in [0.2, 0.25) is 10.0 Å². The van der Waals surface area contributed by atoms with Crippen molar-refractivity contribution in [2.45, 2.75) is 76.0 Å². The van der Waals surface area contributed by atoms with Gasteiger partial charge in [-0.1, -0.05) is 76.5 Å². The topological polar surface area (TPSA) is 40.5 Å². The van der Waals surface area contributed by atoms with Gasteiger partial charge in [-0.2, -0.15) is 0 Å². The molecule has 2 nitrogen and oxygen atoms in total. The third-order valence-corrected chi connectivity index (χ3v) is 6.92. The summed E-state index contributed by atoms with van der Waals surface area (Å²) in [6.45, 7) is 16.1. The first kappa shape index (κ1) is 22.3. The summed E-state index contributed by atoms with van der Waals surface area (Å²) in [7, 11) is 0. The van der Waals surface area contributed by atoms with Gasteiger partial charge in [-0.15, -0.1) is 0 Å². The Morgan fingerprint density at radius 2 is 1.00 bits per heavy atom. The summed E-state index contributed by atoms with van der Waals surface area (Å²) in [4.78, 5) is 1.93. The number of phenols is 2. The minimum atomic E-state index is -0.241. The van der Waals surface area contributed by atoms with Crippen molar-refractivity contribution in [1.82, 2.24) is 0 Å². The largest absolute Gasteiger partial charge is 0.506 e. The third-order valence-electron chi connectivity index (χ3n) is 4.71. The fourth-order valence-electron chi connectivity index (χ4n) is 2.90. The third kappa shape index (κ3) is 4.36. The molecule has 148 valence electrons. The van der Waals surface area contributed by atoms with Gasteiger partial charge in [0.1, 0.15) is 11.5 Å². The smallest absolute Gasteiger partial charge is 0.138 e. The van der Waals surface area contributed by atoms with Crippen LogP contribution in [0.15, 0.2) is 21.9 Å². The Bertz CT molecular complexity index is 818. The first-order chi connectivity index (χ1) is 12.2. The molecule has 5 heteroatoms. The van der Waals surface area contributed by atoms with Crippen molar-refractivity contribution in [2.75, 3.05) is 0 Å². The number of halogens is 2. The van der Waals surface area contributed by atoms with Crippen LogP contribution in [-0.2, 0) is 10.8 Å². The van der Waals surface area contributed by atoms with Crippen LogP contribution < -0.4 is 0 Å². The van der Waals surface area contributed by atoms with Crippen LogP contribution in [0.4, 0.5) is 0 Å². The number of hydrogen-bond donors (Lipinski definition) is 2. The molecule has 0 unspecified atom stereocenters. The van der Waals surface area contributed by atoms with Crippen LogP contribution in [0.3, 0.4) is 0 Å². The van der Waals surface area contributed by atoms with E-state index in [2.05, 4.69) is 0 Å². The lowest BCUT2D eigenvalue weighted by Gasteiger charge is -2.25. The Balaban J connectivity index is 2.68. The molecule has 2 aromatic carbocycles. The second kappa shape index (κ2) is 7.42. The highest BCUT2D eigenvalue weighted by Gasteiger charge is 2.26. The molecular formula is C22H28Cl2O2S. The highest BCUT2D eigenvalue weighted by atomic mass is 35.5. The highest BCUT2D eigenvalue weighted by Crippen LogP contribution is 2.47. The van der Waals surface area contributed by atoms with E-state index in [0.29, 0.717) is 10.0 Å². The number of rotatable bonds is 2.